The molecule has 2 heterocycles. The molecule has 0 bridgehead atoms. The molecule has 6 heteroatoms. The number of Topliss-reactive ketones (excluding diaryl/α,β-unsaturated/α-hetero) is 1. The van der Waals surface area contributed by atoms with Crippen molar-refractivity contribution in [3.05, 3.63) is 40.2 Å². The summed E-state index contributed by atoms with van der Waals surface area (Å²) in [6.45, 7) is 4.57. The SMILES string of the molecule is CCn1ncc(C)c1C1C(C#N)=C(N)OC2=C1C(=O)CCC2. The minimum Gasteiger partial charge on any atom is -0.444 e. The number of nitriles is 1. The van der Waals surface area contributed by atoms with Crippen molar-refractivity contribution in [2.45, 2.75) is 45.6 Å². The largest absolute Gasteiger partial charge is 0.444 e. The Morgan fingerprint density at radius 1 is 1.55 bits per heavy atom. The molecule has 1 atom stereocenters. The number of hydrogen-bond acceptors (Lipinski definition) is 5. The maximum Gasteiger partial charge on any atom is 0.205 e. The lowest BCUT2D eigenvalue weighted by Gasteiger charge is -2.31. The van der Waals surface area contributed by atoms with Gasteiger partial charge >= 0.3 is 0 Å². The van der Waals surface area contributed by atoms with E-state index in [1.807, 2.05) is 18.5 Å². The summed E-state index contributed by atoms with van der Waals surface area (Å²) in [5.41, 5.74) is 8.62. The molecule has 0 fully saturated rings. The maximum atomic E-state index is 12.5. The van der Waals surface area contributed by atoms with E-state index in [1.54, 1.807) is 6.20 Å². The lowest BCUT2D eigenvalue weighted by molar-refractivity contribution is -0.116. The molecular formula is C16H18N4O2. The zero-order valence-electron chi connectivity index (χ0n) is 12.7. The van der Waals surface area contributed by atoms with E-state index in [-0.39, 0.29) is 11.7 Å². The highest BCUT2D eigenvalue weighted by molar-refractivity contribution is 5.99. The maximum absolute atomic E-state index is 12.5. The molecule has 0 aromatic carbocycles. The van der Waals surface area contributed by atoms with Crippen LogP contribution in [0.25, 0.3) is 0 Å². The third kappa shape index (κ3) is 2.01. The van der Waals surface area contributed by atoms with Crippen LogP contribution in [-0.4, -0.2) is 15.6 Å². The highest BCUT2D eigenvalue weighted by atomic mass is 16.5. The third-order valence-corrected chi connectivity index (χ3v) is 4.25. The monoisotopic (exact) mass is 298 g/mol. The van der Waals surface area contributed by atoms with Crippen LogP contribution in [0.5, 0.6) is 0 Å². The Hall–Kier alpha value is -2.55. The summed E-state index contributed by atoms with van der Waals surface area (Å²) in [7, 11) is 0. The molecule has 2 N–H and O–H groups in total. The summed E-state index contributed by atoms with van der Waals surface area (Å²) in [4.78, 5) is 12.5. The van der Waals surface area contributed by atoms with Crippen molar-refractivity contribution < 1.29 is 9.53 Å². The van der Waals surface area contributed by atoms with Gasteiger partial charge in [-0.15, -0.1) is 0 Å². The van der Waals surface area contributed by atoms with E-state index < -0.39 is 5.92 Å². The van der Waals surface area contributed by atoms with E-state index in [4.69, 9.17) is 10.5 Å². The van der Waals surface area contributed by atoms with Gasteiger partial charge in [-0.25, -0.2) is 0 Å². The summed E-state index contributed by atoms with van der Waals surface area (Å²) in [6.07, 6.45) is 3.67. The van der Waals surface area contributed by atoms with Crippen molar-refractivity contribution in [3.63, 3.8) is 0 Å². The van der Waals surface area contributed by atoms with Gasteiger partial charge < -0.3 is 10.5 Å². The molecule has 22 heavy (non-hydrogen) atoms. The van der Waals surface area contributed by atoms with Crippen molar-refractivity contribution in [2.75, 3.05) is 0 Å². The van der Waals surface area contributed by atoms with Crippen LogP contribution in [0.2, 0.25) is 0 Å². The number of ketones is 1. The molecule has 1 aliphatic carbocycles. The Kier molecular flexibility index (Phi) is 3.49. The minimum absolute atomic E-state index is 0.0368. The first-order valence-electron chi connectivity index (χ1n) is 7.44. The molecule has 0 amide bonds. The predicted molar refractivity (Wildman–Crippen MR) is 79.2 cm³/mol. The highest BCUT2D eigenvalue weighted by Gasteiger charge is 2.40. The second-order valence-electron chi connectivity index (χ2n) is 5.57. The highest BCUT2D eigenvalue weighted by Crippen LogP contribution is 2.44. The van der Waals surface area contributed by atoms with Crippen molar-refractivity contribution in [1.29, 1.82) is 5.26 Å². The molecule has 1 aromatic rings. The van der Waals surface area contributed by atoms with Crippen LogP contribution < -0.4 is 5.73 Å². The van der Waals surface area contributed by atoms with Crippen molar-refractivity contribution in [1.82, 2.24) is 9.78 Å². The zero-order valence-corrected chi connectivity index (χ0v) is 12.7. The van der Waals surface area contributed by atoms with Crippen LogP contribution >= 0.6 is 0 Å². The van der Waals surface area contributed by atoms with Gasteiger partial charge in [-0.2, -0.15) is 10.4 Å². The number of aryl methyl sites for hydroxylation is 2. The fourth-order valence-electron chi connectivity index (χ4n) is 3.25. The fraction of sp³-hybridized carbons (Fsp3) is 0.438. The summed E-state index contributed by atoms with van der Waals surface area (Å²) < 4.78 is 7.39. The van der Waals surface area contributed by atoms with Crippen molar-refractivity contribution >= 4 is 5.78 Å². The predicted octanol–water partition coefficient (Wildman–Crippen LogP) is 2.03. The van der Waals surface area contributed by atoms with E-state index in [9.17, 15) is 10.1 Å². The summed E-state index contributed by atoms with van der Waals surface area (Å²) in [5, 5.41) is 13.9. The first-order chi connectivity index (χ1) is 10.6. The first-order valence-corrected chi connectivity index (χ1v) is 7.44. The number of allylic oxidation sites excluding steroid dienone is 3. The third-order valence-electron chi connectivity index (χ3n) is 4.25. The number of carbonyl (C=O) groups excluding carboxylic acids is 1. The number of hydrogen-bond donors (Lipinski definition) is 1. The average molecular weight is 298 g/mol. The van der Waals surface area contributed by atoms with Crippen LogP contribution in [0.3, 0.4) is 0 Å². The molecule has 0 spiro atoms. The quantitative estimate of drug-likeness (QED) is 0.901. The van der Waals surface area contributed by atoms with E-state index in [2.05, 4.69) is 11.2 Å². The minimum atomic E-state index is -0.469. The van der Waals surface area contributed by atoms with E-state index >= 15 is 0 Å². The molecule has 3 rings (SSSR count). The molecule has 0 saturated carbocycles. The Bertz CT molecular complexity index is 749. The van der Waals surface area contributed by atoms with Crippen molar-refractivity contribution in [3.8, 4) is 6.07 Å². The van der Waals surface area contributed by atoms with Crippen LogP contribution in [0, 0.1) is 18.3 Å². The van der Waals surface area contributed by atoms with Gasteiger partial charge in [0.05, 0.1) is 17.8 Å². The normalized spacial score (nSPS) is 21.5. The Labute approximate surface area is 128 Å². The summed E-state index contributed by atoms with van der Waals surface area (Å²) in [5.74, 6) is 0.281. The average Bonchev–Trinajstić information content (AvgIpc) is 2.86. The molecule has 0 radical (unpaired) electrons. The Morgan fingerprint density at radius 2 is 2.32 bits per heavy atom. The molecule has 114 valence electrons. The molecule has 6 nitrogen and oxygen atoms in total. The lowest BCUT2D eigenvalue weighted by atomic mass is 9.78. The zero-order chi connectivity index (χ0) is 15.9. The molecule has 1 unspecified atom stereocenters. The van der Waals surface area contributed by atoms with Gasteiger partial charge in [0.15, 0.2) is 5.78 Å². The van der Waals surface area contributed by atoms with Crippen LogP contribution in [0.4, 0.5) is 0 Å². The number of nitrogens with zero attached hydrogens (tertiary/aromatic N) is 3. The first kappa shape index (κ1) is 14.4. The van der Waals surface area contributed by atoms with E-state index in [0.717, 1.165) is 17.7 Å². The smallest absolute Gasteiger partial charge is 0.205 e. The topological polar surface area (TPSA) is 93.9 Å². The van der Waals surface area contributed by atoms with Gasteiger partial charge in [-0.3, -0.25) is 9.48 Å². The van der Waals surface area contributed by atoms with Gasteiger partial charge in [0, 0.05) is 25.0 Å². The van der Waals surface area contributed by atoms with Crippen molar-refractivity contribution in [2.24, 2.45) is 5.73 Å². The molecule has 1 aliphatic heterocycles. The molecule has 0 saturated heterocycles. The van der Waals surface area contributed by atoms with Gasteiger partial charge in [0.2, 0.25) is 5.88 Å². The fourth-order valence-corrected chi connectivity index (χ4v) is 3.25. The van der Waals surface area contributed by atoms with Gasteiger partial charge in [0.1, 0.15) is 17.4 Å². The number of ether oxygens (including phenoxy) is 1. The number of nitrogens with two attached hydrogens (primary N) is 1. The standard InChI is InChI=1S/C16H18N4O2/c1-3-20-15(9(2)8-19-20)13-10(7-17)16(18)22-12-6-4-5-11(21)14(12)13/h8,13H,3-6,18H2,1-2H3. The lowest BCUT2D eigenvalue weighted by Crippen LogP contribution is -2.29. The van der Waals surface area contributed by atoms with Crippen LogP contribution in [-0.2, 0) is 16.1 Å². The summed E-state index contributed by atoms with van der Waals surface area (Å²) >= 11 is 0. The number of carbonyl (C=O) groups is 1. The Balaban J connectivity index is 2.25. The summed E-state index contributed by atoms with van der Waals surface area (Å²) in [6, 6.07) is 2.13. The number of rotatable bonds is 2. The molecule has 2 aliphatic rings. The van der Waals surface area contributed by atoms with E-state index in [1.165, 1.54) is 0 Å². The Morgan fingerprint density at radius 3 is 3.00 bits per heavy atom. The van der Waals surface area contributed by atoms with Gasteiger partial charge in [0.25, 0.3) is 0 Å². The van der Waals surface area contributed by atoms with Gasteiger partial charge in [-0.1, -0.05) is 0 Å². The van der Waals surface area contributed by atoms with E-state index in [0.29, 0.717) is 36.3 Å². The molecular weight excluding hydrogens is 280 g/mol. The number of aromatic nitrogens is 2. The molecule has 1 aromatic heterocycles. The van der Waals surface area contributed by atoms with Crippen LogP contribution in [0.15, 0.2) is 29.0 Å². The second-order valence-corrected chi connectivity index (χ2v) is 5.57. The second kappa shape index (κ2) is 5.34. The van der Waals surface area contributed by atoms with Gasteiger partial charge in [-0.05, 0) is 25.8 Å². The van der Waals surface area contributed by atoms with Crippen LogP contribution in [0.1, 0.15) is 43.4 Å².